The van der Waals surface area contributed by atoms with Crippen LogP contribution in [-0.4, -0.2) is 83.5 Å². The Morgan fingerprint density at radius 1 is 1.11 bits per heavy atom. The fourth-order valence-corrected chi connectivity index (χ4v) is 5.89. The molecule has 46 heavy (non-hydrogen) atoms. The number of rotatable bonds is 10. The zero-order valence-electron chi connectivity index (χ0n) is 26.2. The van der Waals surface area contributed by atoms with Crippen molar-refractivity contribution in [3.05, 3.63) is 29.3 Å². The van der Waals surface area contributed by atoms with E-state index in [4.69, 9.17) is 11.1 Å². The number of nitrogens with one attached hydrogen (secondary N) is 7. The van der Waals surface area contributed by atoms with Gasteiger partial charge in [0.25, 0.3) is 0 Å². The molecule has 5 amide bonds. The van der Waals surface area contributed by atoms with E-state index in [0.29, 0.717) is 31.3 Å². The number of carbonyl (C=O) groups excluding carboxylic acids is 6. The van der Waals surface area contributed by atoms with Gasteiger partial charge in [0.05, 0.1) is 22.7 Å². The van der Waals surface area contributed by atoms with Gasteiger partial charge in [-0.3, -0.25) is 34.2 Å². The van der Waals surface area contributed by atoms with Crippen molar-refractivity contribution in [2.75, 3.05) is 13.1 Å². The van der Waals surface area contributed by atoms with Crippen LogP contribution in [0, 0.1) is 11.3 Å². The van der Waals surface area contributed by atoms with Crippen LogP contribution in [0.15, 0.2) is 24.3 Å². The van der Waals surface area contributed by atoms with Gasteiger partial charge in [-0.05, 0) is 50.2 Å². The number of hydrogen-bond donors (Lipinski definition) is 8. The Balaban J connectivity index is 1.84. The largest absolute Gasteiger partial charge is 0.370 e. The topological polar surface area (TPSA) is 237 Å². The molecular weight excluding hydrogens is 614 g/mol. The van der Waals surface area contributed by atoms with Gasteiger partial charge in [-0.1, -0.05) is 26.0 Å². The first-order valence-corrected chi connectivity index (χ1v) is 16.1. The lowest BCUT2D eigenvalue weighted by Gasteiger charge is -2.28. The molecule has 1 aliphatic rings. The molecule has 1 fully saturated rings. The Morgan fingerprint density at radius 2 is 1.85 bits per heavy atom. The van der Waals surface area contributed by atoms with Crippen molar-refractivity contribution in [1.29, 1.82) is 5.41 Å². The van der Waals surface area contributed by atoms with Crippen LogP contribution in [0.25, 0.3) is 10.2 Å². The molecular formula is C30H43N9O6S. The van der Waals surface area contributed by atoms with Crippen LogP contribution in [0.1, 0.15) is 69.1 Å². The number of ketones is 1. The highest BCUT2D eigenvalue weighted by Crippen LogP contribution is 2.23. The van der Waals surface area contributed by atoms with Crippen molar-refractivity contribution < 1.29 is 28.8 Å². The second kappa shape index (κ2) is 17.2. The van der Waals surface area contributed by atoms with Gasteiger partial charge in [-0.2, -0.15) is 0 Å². The lowest BCUT2D eigenvalue weighted by molar-refractivity contribution is -0.135. The molecule has 0 bridgehead atoms. The summed E-state index contributed by atoms with van der Waals surface area (Å²) in [5.41, 5.74) is 6.04. The molecule has 3 rings (SSSR count). The summed E-state index contributed by atoms with van der Waals surface area (Å²) in [5.74, 6) is -3.88. The number of fused-ring (bicyclic) bond motifs is 1. The van der Waals surface area contributed by atoms with Crippen LogP contribution in [0.4, 0.5) is 0 Å². The molecule has 2 heterocycles. The van der Waals surface area contributed by atoms with Crippen LogP contribution in [0.2, 0.25) is 0 Å². The Labute approximate surface area is 271 Å². The van der Waals surface area contributed by atoms with E-state index in [9.17, 15) is 28.8 Å². The maximum Gasteiger partial charge on any atom is 0.243 e. The molecule has 250 valence electrons. The number of para-hydroxylation sites is 1. The standard InChI is InChI=1S/C30H43N9O6S/c1-16(2)24-28(45)37-20(10-6-7-13-33-23(41)15-21(27(44)39-24)35-17(3)40)26(43)36-19(11-8-14-34-30(31)32)25(42)29-38-18-9-4-5-12-22(18)46-29/h4-5,9,12,16,19-21,24H,6-8,10-11,13-15H2,1-3H3,(H,33,41)(H,35,40)(H,36,43)(H,37,45)(H,39,44)(H4,31,32,34)/t19-,20-,21-,24-/m0/s1. The molecule has 1 aliphatic heterocycles. The SMILES string of the molecule is CC(=O)N[C@H]1CC(=O)NCCCC[C@@H](C(=O)N[C@@H](CCCNC(=N)N)C(=O)c2nc3ccccc3s2)NC(=O)[C@H](C(C)C)NC1=O. The number of aromatic nitrogens is 1. The zero-order valence-corrected chi connectivity index (χ0v) is 27.1. The number of thiazole rings is 1. The molecule has 0 spiro atoms. The molecule has 0 saturated carbocycles. The number of carbonyl (C=O) groups is 6. The molecule has 1 saturated heterocycles. The summed E-state index contributed by atoms with van der Waals surface area (Å²) in [4.78, 5) is 82.7. The number of guanidine groups is 1. The van der Waals surface area contributed by atoms with Crippen molar-refractivity contribution >= 4 is 62.8 Å². The van der Waals surface area contributed by atoms with Gasteiger partial charge in [0, 0.05) is 20.0 Å². The van der Waals surface area contributed by atoms with Crippen LogP contribution in [0.3, 0.4) is 0 Å². The normalized spacial score (nSPS) is 20.4. The Bertz CT molecular complexity index is 1410. The van der Waals surface area contributed by atoms with Crippen molar-refractivity contribution in [1.82, 2.24) is 36.9 Å². The fourth-order valence-electron chi connectivity index (χ4n) is 4.93. The number of hydrogen-bond acceptors (Lipinski definition) is 9. The predicted octanol–water partition coefficient (Wildman–Crippen LogP) is 0.0476. The lowest BCUT2D eigenvalue weighted by Crippen LogP contribution is -2.59. The van der Waals surface area contributed by atoms with E-state index in [1.54, 1.807) is 19.9 Å². The summed E-state index contributed by atoms with van der Waals surface area (Å²) >= 11 is 1.22. The van der Waals surface area contributed by atoms with Gasteiger partial charge >= 0.3 is 0 Å². The van der Waals surface area contributed by atoms with Gasteiger partial charge in [0.1, 0.15) is 18.1 Å². The van der Waals surface area contributed by atoms with Gasteiger partial charge in [0.15, 0.2) is 11.0 Å². The molecule has 9 N–H and O–H groups in total. The van der Waals surface area contributed by atoms with Crippen LogP contribution in [-0.2, 0) is 24.0 Å². The smallest absolute Gasteiger partial charge is 0.243 e. The maximum absolute atomic E-state index is 13.7. The summed E-state index contributed by atoms with van der Waals surface area (Å²) in [5, 5.41) is 23.7. The number of nitrogens with two attached hydrogens (primary N) is 1. The summed E-state index contributed by atoms with van der Waals surface area (Å²) in [6.07, 6.45) is 1.44. The van der Waals surface area contributed by atoms with Gasteiger partial charge < -0.3 is 37.6 Å². The maximum atomic E-state index is 13.7. The minimum atomic E-state index is -1.19. The van der Waals surface area contributed by atoms with Gasteiger partial charge in [0.2, 0.25) is 35.3 Å². The Kier molecular flexibility index (Phi) is 13.4. The van der Waals surface area contributed by atoms with E-state index in [2.05, 4.69) is 36.9 Å². The van der Waals surface area contributed by atoms with Crippen molar-refractivity contribution in [3.8, 4) is 0 Å². The van der Waals surface area contributed by atoms with Crippen LogP contribution >= 0.6 is 11.3 Å². The molecule has 0 unspecified atom stereocenters. The van der Waals surface area contributed by atoms with Crippen LogP contribution in [0.5, 0.6) is 0 Å². The van der Waals surface area contributed by atoms with Gasteiger partial charge in [-0.25, -0.2) is 4.98 Å². The number of nitrogens with zero attached hydrogens (tertiary/aromatic N) is 1. The number of Topliss-reactive ketones (excluding diaryl/α,β-unsaturated/α-hetero) is 1. The summed E-state index contributed by atoms with van der Waals surface area (Å²) in [7, 11) is 0. The second-order valence-corrected chi connectivity index (χ2v) is 12.5. The minimum Gasteiger partial charge on any atom is -0.370 e. The highest BCUT2D eigenvalue weighted by Gasteiger charge is 2.34. The second-order valence-electron chi connectivity index (χ2n) is 11.5. The number of amides is 5. The third kappa shape index (κ3) is 10.8. The Hall–Kier alpha value is -4.60. The summed E-state index contributed by atoms with van der Waals surface area (Å²) in [6, 6.07) is 2.99. The van der Waals surface area contributed by atoms with Crippen molar-refractivity contribution in [2.45, 2.75) is 83.5 Å². The van der Waals surface area contributed by atoms with Crippen molar-refractivity contribution in [3.63, 3.8) is 0 Å². The third-order valence-electron chi connectivity index (χ3n) is 7.33. The molecule has 15 nitrogen and oxygen atoms in total. The molecule has 0 radical (unpaired) electrons. The first-order chi connectivity index (χ1) is 21.8. The van der Waals surface area contributed by atoms with Crippen LogP contribution < -0.4 is 37.6 Å². The highest BCUT2D eigenvalue weighted by molar-refractivity contribution is 7.20. The number of benzene rings is 1. The quantitative estimate of drug-likeness (QED) is 0.0744. The van der Waals surface area contributed by atoms with E-state index < -0.39 is 59.6 Å². The van der Waals surface area contributed by atoms with E-state index in [1.807, 2.05) is 18.2 Å². The first kappa shape index (κ1) is 35.9. The highest BCUT2D eigenvalue weighted by atomic mass is 32.1. The molecule has 16 heteroatoms. The average Bonchev–Trinajstić information content (AvgIpc) is 3.43. The van der Waals surface area contributed by atoms with Gasteiger partial charge in [-0.15, -0.1) is 11.3 Å². The fraction of sp³-hybridized carbons (Fsp3) is 0.533. The van der Waals surface area contributed by atoms with E-state index in [0.717, 1.165) is 4.70 Å². The first-order valence-electron chi connectivity index (χ1n) is 15.3. The predicted molar refractivity (Wildman–Crippen MR) is 173 cm³/mol. The summed E-state index contributed by atoms with van der Waals surface area (Å²) in [6.45, 7) is 5.21. The van der Waals surface area contributed by atoms with Crippen molar-refractivity contribution in [2.24, 2.45) is 11.7 Å². The minimum absolute atomic E-state index is 0.203. The summed E-state index contributed by atoms with van der Waals surface area (Å²) < 4.78 is 0.821. The third-order valence-corrected chi connectivity index (χ3v) is 8.38. The molecule has 4 atom stereocenters. The van der Waals surface area contributed by atoms with E-state index in [1.165, 1.54) is 18.3 Å². The van der Waals surface area contributed by atoms with E-state index in [-0.39, 0.29) is 42.6 Å². The lowest BCUT2D eigenvalue weighted by atomic mass is 10.00. The monoisotopic (exact) mass is 657 g/mol. The Morgan fingerprint density at radius 3 is 2.52 bits per heavy atom. The zero-order chi connectivity index (χ0) is 33.8. The molecule has 0 aliphatic carbocycles. The van der Waals surface area contributed by atoms with E-state index >= 15 is 0 Å². The molecule has 1 aromatic carbocycles. The molecule has 2 aromatic rings. The average molecular weight is 658 g/mol. The molecule has 1 aromatic heterocycles.